The smallest absolute Gasteiger partial charge is 0.240 e. The van der Waals surface area contributed by atoms with Gasteiger partial charge >= 0.3 is 0 Å². The molecule has 1 unspecified atom stereocenters. The third kappa shape index (κ3) is 3.87. The minimum Gasteiger partial charge on any atom is -0.490 e. The van der Waals surface area contributed by atoms with E-state index in [1.54, 1.807) is 12.1 Å². The Balaban J connectivity index is 2.25. The fraction of sp³-hybridized carbons (Fsp3) is 0.429. The highest BCUT2D eigenvalue weighted by Crippen LogP contribution is 2.35. The number of rotatable bonds is 5. The van der Waals surface area contributed by atoms with Crippen LogP contribution < -0.4 is 10.2 Å². The second-order valence-electron chi connectivity index (χ2n) is 4.83. The van der Waals surface area contributed by atoms with Crippen molar-refractivity contribution < 1.29 is 14.6 Å². The number of aliphatic hydroxyl groups is 1. The first-order chi connectivity index (χ1) is 10.0. The average Bonchev–Trinajstić information content (AvgIpc) is 2.41. The Hall–Kier alpha value is -1.30. The van der Waals surface area contributed by atoms with Crippen molar-refractivity contribution in [2.45, 2.75) is 19.8 Å². The van der Waals surface area contributed by atoms with E-state index < -0.39 is 0 Å². The molecule has 0 spiro atoms. The number of hydrogen-bond acceptors (Lipinski definition) is 4. The highest BCUT2D eigenvalue weighted by molar-refractivity contribution is 6.37. The number of hydrogen-bond donors (Lipinski definition) is 2. The molecule has 7 heteroatoms. The zero-order chi connectivity index (χ0) is 15.4. The quantitative estimate of drug-likeness (QED) is 0.815. The Morgan fingerprint density at radius 1 is 1.43 bits per heavy atom. The predicted molar refractivity (Wildman–Crippen MR) is 82.1 cm³/mol. The lowest BCUT2D eigenvalue weighted by Crippen LogP contribution is -2.31. The Morgan fingerprint density at radius 3 is 2.67 bits per heavy atom. The van der Waals surface area contributed by atoms with Crippen LogP contribution in [0.3, 0.4) is 0 Å². The van der Waals surface area contributed by atoms with Crippen LogP contribution >= 0.6 is 23.2 Å². The summed E-state index contributed by atoms with van der Waals surface area (Å²) in [4.78, 5) is 11.3. The molecule has 2 N–H and O–H groups in total. The molecule has 1 aromatic rings. The molecule has 1 amide bonds. The summed E-state index contributed by atoms with van der Waals surface area (Å²) in [6, 6.07) is 3.43. The van der Waals surface area contributed by atoms with E-state index in [9.17, 15) is 4.79 Å². The standard InChI is InChI=1S/C14H16Cl2N2O3/c1-8-5-12(20)17-18-13(8)9-6-10(15)14(11(16)7-9)21-4-2-3-19/h6-8,19H,2-5H2,1H3,(H,17,20). The van der Waals surface area contributed by atoms with Crippen molar-refractivity contribution in [1.82, 2.24) is 5.43 Å². The van der Waals surface area contributed by atoms with Gasteiger partial charge in [0.2, 0.25) is 5.91 Å². The molecule has 0 radical (unpaired) electrons. The van der Waals surface area contributed by atoms with Crippen molar-refractivity contribution in [2.75, 3.05) is 13.2 Å². The maximum absolute atomic E-state index is 11.3. The molecule has 0 aliphatic carbocycles. The van der Waals surface area contributed by atoms with Gasteiger partial charge in [0.1, 0.15) is 0 Å². The number of aliphatic hydroxyl groups excluding tert-OH is 1. The molecule has 1 atom stereocenters. The van der Waals surface area contributed by atoms with Crippen molar-refractivity contribution >= 4 is 34.8 Å². The van der Waals surface area contributed by atoms with Crippen LogP contribution in [0.25, 0.3) is 0 Å². The summed E-state index contributed by atoms with van der Waals surface area (Å²) < 4.78 is 5.46. The summed E-state index contributed by atoms with van der Waals surface area (Å²) in [5, 5.41) is 13.6. The molecule has 0 fully saturated rings. The zero-order valence-electron chi connectivity index (χ0n) is 11.5. The van der Waals surface area contributed by atoms with Crippen LogP contribution in [0.2, 0.25) is 10.0 Å². The van der Waals surface area contributed by atoms with Crippen molar-refractivity contribution in [2.24, 2.45) is 11.0 Å². The van der Waals surface area contributed by atoms with Crippen LogP contribution in [0.15, 0.2) is 17.2 Å². The highest BCUT2D eigenvalue weighted by Gasteiger charge is 2.23. The zero-order valence-corrected chi connectivity index (χ0v) is 13.0. The second kappa shape index (κ2) is 7.11. The molecule has 5 nitrogen and oxygen atoms in total. The van der Waals surface area contributed by atoms with E-state index in [1.807, 2.05) is 6.92 Å². The lowest BCUT2D eigenvalue weighted by molar-refractivity contribution is -0.121. The number of amides is 1. The molecule has 0 bridgehead atoms. The van der Waals surface area contributed by atoms with Gasteiger partial charge in [0.25, 0.3) is 0 Å². The minimum absolute atomic E-state index is 0.00737. The van der Waals surface area contributed by atoms with E-state index >= 15 is 0 Å². The predicted octanol–water partition coefficient (Wildman–Crippen LogP) is 2.61. The van der Waals surface area contributed by atoms with E-state index in [0.717, 1.165) is 11.3 Å². The first-order valence-electron chi connectivity index (χ1n) is 6.62. The van der Waals surface area contributed by atoms with Gasteiger partial charge in [0, 0.05) is 30.9 Å². The average molecular weight is 331 g/mol. The molecule has 1 aromatic carbocycles. The fourth-order valence-electron chi connectivity index (χ4n) is 2.09. The van der Waals surface area contributed by atoms with Gasteiger partial charge in [-0.2, -0.15) is 5.10 Å². The van der Waals surface area contributed by atoms with E-state index in [4.69, 9.17) is 33.0 Å². The first kappa shape index (κ1) is 16.1. The lowest BCUT2D eigenvalue weighted by atomic mass is 9.94. The molecule has 1 heterocycles. The van der Waals surface area contributed by atoms with Gasteiger partial charge in [-0.1, -0.05) is 30.1 Å². The van der Waals surface area contributed by atoms with E-state index in [2.05, 4.69) is 10.5 Å². The van der Waals surface area contributed by atoms with Crippen molar-refractivity contribution in [3.63, 3.8) is 0 Å². The minimum atomic E-state index is -0.104. The Morgan fingerprint density at radius 2 is 2.10 bits per heavy atom. The van der Waals surface area contributed by atoms with E-state index in [0.29, 0.717) is 35.2 Å². The highest BCUT2D eigenvalue weighted by atomic mass is 35.5. The van der Waals surface area contributed by atoms with Crippen molar-refractivity contribution in [1.29, 1.82) is 0 Å². The molecule has 0 aromatic heterocycles. The van der Waals surface area contributed by atoms with Gasteiger partial charge in [-0.05, 0) is 12.1 Å². The van der Waals surface area contributed by atoms with Gasteiger partial charge in [-0.15, -0.1) is 0 Å². The third-order valence-electron chi connectivity index (χ3n) is 3.10. The third-order valence-corrected chi connectivity index (χ3v) is 3.66. The Bertz CT molecular complexity index is 552. The SMILES string of the molecule is CC1CC(=O)NN=C1c1cc(Cl)c(OCCCO)c(Cl)c1. The van der Waals surface area contributed by atoms with Crippen LogP contribution in [0.5, 0.6) is 5.75 Å². The maximum atomic E-state index is 11.3. The van der Waals surface area contributed by atoms with Gasteiger partial charge in [-0.3, -0.25) is 4.79 Å². The summed E-state index contributed by atoms with van der Waals surface area (Å²) in [5.74, 6) is 0.281. The monoisotopic (exact) mass is 330 g/mol. The van der Waals surface area contributed by atoms with Crippen molar-refractivity contribution in [3.8, 4) is 5.75 Å². The van der Waals surface area contributed by atoms with E-state index in [-0.39, 0.29) is 18.4 Å². The second-order valence-corrected chi connectivity index (χ2v) is 5.65. The van der Waals surface area contributed by atoms with Gasteiger partial charge in [0.05, 0.1) is 22.4 Å². The number of benzene rings is 1. The van der Waals surface area contributed by atoms with Gasteiger partial charge in [0.15, 0.2) is 5.75 Å². The maximum Gasteiger partial charge on any atom is 0.240 e. The summed E-state index contributed by atoms with van der Waals surface area (Å²) in [6.45, 7) is 2.30. The first-order valence-corrected chi connectivity index (χ1v) is 7.38. The number of halogens is 2. The number of ether oxygens (including phenoxy) is 1. The van der Waals surface area contributed by atoms with Crippen LogP contribution in [0, 0.1) is 5.92 Å². The van der Waals surface area contributed by atoms with E-state index in [1.165, 1.54) is 0 Å². The largest absolute Gasteiger partial charge is 0.490 e. The molecule has 0 saturated carbocycles. The summed E-state index contributed by atoms with van der Waals surface area (Å²) in [6.07, 6.45) is 0.882. The molecular weight excluding hydrogens is 315 g/mol. The molecule has 1 aliphatic heterocycles. The molecular formula is C14H16Cl2N2O3. The number of nitrogens with one attached hydrogen (secondary N) is 1. The van der Waals surface area contributed by atoms with Gasteiger partial charge < -0.3 is 9.84 Å². The van der Waals surface area contributed by atoms with Gasteiger partial charge in [-0.25, -0.2) is 5.43 Å². The number of carbonyl (C=O) groups is 1. The Labute approximate surface area is 132 Å². The molecule has 114 valence electrons. The molecule has 21 heavy (non-hydrogen) atoms. The lowest BCUT2D eigenvalue weighted by Gasteiger charge is -2.20. The number of carbonyl (C=O) groups excluding carboxylic acids is 1. The Kier molecular flexibility index (Phi) is 5.45. The molecule has 2 rings (SSSR count). The number of nitrogens with zero attached hydrogens (tertiary/aromatic N) is 1. The van der Waals surface area contributed by atoms with Crippen LogP contribution in [0.4, 0.5) is 0 Å². The summed E-state index contributed by atoms with van der Waals surface area (Å²) in [5.41, 5.74) is 3.95. The fourth-order valence-corrected chi connectivity index (χ4v) is 2.68. The van der Waals surface area contributed by atoms with Crippen molar-refractivity contribution in [3.05, 3.63) is 27.7 Å². The molecule has 0 saturated heterocycles. The topological polar surface area (TPSA) is 70.9 Å². The van der Waals surface area contributed by atoms with Crippen LogP contribution in [-0.4, -0.2) is 29.9 Å². The number of hydrazone groups is 1. The van der Waals surface area contributed by atoms with Crippen LogP contribution in [0.1, 0.15) is 25.3 Å². The molecule has 1 aliphatic rings. The van der Waals surface area contributed by atoms with Crippen LogP contribution in [-0.2, 0) is 4.79 Å². The normalized spacial score (nSPS) is 18.2. The summed E-state index contributed by atoms with van der Waals surface area (Å²) in [7, 11) is 0. The summed E-state index contributed by atoms with van der Waals surface area (Å²) >= 11 is 12.4.